The van der Waals surface area contributed by atoms with Gasteiger partial charge in [0.15, 0.2) is 0 Å². The highest BCUT2D eigenvalue weighted by atomic mass is 32.2. The average molecular weight is 312 g/mol. The predicted molar refractivity (Wildman–Crippen MR) is 81.5 cm³/mol. The summed E-state index contributed by atoms with van der Waals surface area (Å²) in [7, 11) is -1.03. The maximum Gasteiger partial charge on any atom is 0.211 e. The Morgan fingerprint density at radius 1 is 1.29 bits per heavy atom. The fraction of sp³-hybridized carbons (Fsp3) is 0.786. The lowest BCUT2D eigenvalue weighted by Gasteiger charge is -2.34. The molecule has 0 radical (unpaired) electrons. The first-order chi connectivity index (χ1) is 9.95. The van der Waals surface area contributed by atoms with E-state index in [2.05, 4.69) is 10.4 Å². The van der Waals surface area contributed by atoms with E-state index in [0.717, 1.165) is 25.7 Å². The molecule has 1 aromatic heterocycles. The molecule has 1 aliphatic carbocycles. The third-order valence-corrected chi connectivity index (χ3v) is 6.04. The summed E-state index contributed by atoms with van der Waals surface area (Å²) in [5.74, 6) is 0. The van der Waals surface area contributed by atoms with Gasteiger partial charge in [-0.15, -0.1) is 0 Å². The number of aryl methyl sites for hydroxylation is 1. The molecule has 1 aliphatic heterocycles. The molecule has 3 rings (SSSR count). The quantitative estimate of drug-likeness (QED) is 0.897. The molecule has 0 aromatic carbocycles. The summed E-state index contributed by atoms with van der Waals surface area (Å²) < 4.78 is 26.7. The van der Waals surface area contributed by atoms with Gasteiger partial charge >= 0.3 is 0 Å². The zero-order valence-corrected chi connectivity index (χ0v) is 13.6. The zero-order valence-electron chi connectivity index (χ0n) is 12.7. The van der Waals surface area contributed by atoms with Crippen molar-refractivity contribution in [2.24, 2.45) is 7.05 Å². The maximum atomic E-state index is 11.5. The molecule has 0 amide bonds. The molecule has 7 heteroatoms. The van der Waals surface area contributed by atoms with Crippen LogP contribution < -0.4 is 5.32 Å². The van der Waals surface area contributed by atoms with E-state index in [1.165, 1.54) is 23.9 Å². The molecule has 1 aromatic rings. The third-order valence-electron chi connectivity index (χ3n) is 4.74. The molecule has 118 valence electrons. The van der Waals surface area contributed by atoms with Crippen molar-refractivity contribution in [2.75, 3.05) is 19.3 Å². The summed E-state index contributed by atoms with van der Waals surface area (Å²) >= 11 is 0. The summed E-state index contributed by atoms with van der Waals surface area (Å²) in [4.78, 5) is 0. The highest BCUT2D eigenvalue weighted by Gasteiger charge is 2.29. The van der Waals surface area contributed by atoms with Crippen molar-refractivity contribution in [1.29, 1.82) is 0 Å². The minimum absolute atomic E-state index is 0.372. The zero-order chi connectivity index (χ0) is 15.0. The van der Waals surface area contributed by atoms with Crippen molar-refractivity contribution in [1.82, 2.24) is 19.4 Å². The lowest BCUT2D eigenvalue weighted by Crippen LogP contribution is -2.45. The van der Waals surface area contributed by atoms with Crippen LogP contribution in [0.15, 0.2) is 6.20 Å². The molecular weight excluding hydrogens is 288 g/mol. The van der Waals surface area contributed by atoms with E-state index in [1.807, 2.05) is 17.9 Å². The van der Waals surface area contributed by atoms with Crippen molar-refractivity contribution in [3.05, 3.63) is 17.5 Å². The van der Waals surface area contributed by atoms with Crippen LogP contribution in [0.5, 0.6) is 0 Å². The van der Waals surface area contributed by atoms with E-state index in [1.54, 1.807) is 4.31 Å². The van der Waals surface area contributed by atoms with Gasteiger partial charge in [0.05, 0.1) is 12.5 Å². The molecule has 21 heavy (non-hydrogen) atoms. The van der Waals surface area contributed by atoms with Crippen LogP contribution in [0.3, 0.4) is 0 Å². The van der Waals surface area contributed by atoms with E-state index in [4.69, 9.17) is 0 Å². The molecule has 0 saturated carbocycles. The van der Waals surface area contributed by atoms with Gasteiger partial charge in [0.25, 0.3) is 0 Å². The summed E-state index contributed by atoms with van der Waals surface area (Å²) in [6, 6.07) is 0.774. The minimum Gasteiger partial charge on any atom is -0.307 e. The second kappa shape index (κ2) is 5.70. The minimum atomic E-state index is -3.04. The molecular formula is C14H24N4O2S. The van der Waals surface area contributed by atoms with Crippen molar-refractivity contribution in [3.63, 3.8) is 0 Å². The Bertz CT molecular complexity index is 602. The fourth-order valence-corrected chi connectivity index (χ4v) is 4.39. The molecule has 1 N–H and O–H groups in total. The summed E-state index contributed by atoms with van der Waals surface area (Å²) in [5.41, 5.74) is 2.67. The van der Waals surface area contributed by atoms with Gasteiger partial charge in [-0.25, -0.2) is 12.7 Å². The molecule has 0 spiro atoms. The third kappa shape index (κ3) is 3.14. The largest absolute Gasteiger partial charge is 0.307 e. The van der Waals surface area contributed by atoms with Gasteiger partial charge in [-0.1, -0.05) is 0 Å². The normalized spacial score (nSPS) is 25.0. The number of nitrogens with zero attached hydrogens (tertiary/aromatic N) is 3. The molecule has 1 atom stereocenters. The Labute approximate surface area is 126 Å². The van der Waals surface area contributed by atoms with Crippen molar-refractivity contribution >= 4 is 10.0 Å². The van der Waals surface area contributed by atoms with E-state index in [0.29, 0.717) is 25.2 Å². The van der Waals surface area contributed by atoms with Gasteiger partial charge in [-0.05, 0) is 32.1 Å². The van der Waals surface area contributed by atoms with Crippen LogP contribution in [0.4, 0.5) is 0 Å². The number of hydrogen-bond donors (Lipinski definition) is 1. The van der Waals surface area contributed by atoms with E-state index in [-0.39, 0.29) is 0 Å². The summed E-state index contributed by atoms with van der Waals surface area (Å²) in [5, 5.41) is 8.10. The number of rotatable bonds is 3. The number of fused-ring (bicyclic) bond motifs is 1. The van der Waals surface area contributed by atoms with Gasteiger partial charge in [-0.2, -0.15) is 5.10 Å². The lowest BCUT2D eigenvalue weighted by atomic mass is 9.91. The van der Waals surface area contributed by atoms with Crippen molar-refractivity contribution in [3.8, 4) is 0 Å². The highest BCUT2D eigenvalue weighted by molar-refractivity contribution is 7.88. The molecule has 2 aliphatic rings. The second-order valence-electron chi connectivity index (χ2n) is 6.22. The van der Waals surface area contributed by atoms with Crippen LogP contribution in [0.25, 0.3) is 0 Å². The summed E-state index contributed by atoms with van der Waals surface area (Å²) in [6.07, 6.45) is 8.49. The molecule has 2 heterocycles. The number of hydrogen-bond acceptors (Lipinski definition) is 4. The molecule has 1 saturated heterocycles. The highest BCUT2D eigenvalue weighted by Crippen LogP contribution is 2.30. The number of nitrogens with one attached hydrogen (secondary N) is 1. The number of piperidine rings is 1. The van der Waals surface area contributed by atoms with E-state index in [9.17, 15) is 8.42 Å². The Hall–Kier alpha value is -0.920. The summed E-state index contributed by atoms with van der Waals surface area (Å²) in [6.45, 7) is 1.26. The van der Waals surface area contributed by atoms with Crippen LogP contribution in [0.1, 0.15) is 43.0 Å². The van der Waals surface area contributed by atoms with Gasteiger partial charge in [0.2, 0.25) is 10.0 Å². The maximum absolute atomic E-state index is 11.5. The Morgan fingerprint density at radius 2 is 2.00 bits per heavy atom. The van der Waals surface area contributed by atoms with Gasteiger partial charge in [0, 0.05) is 43.5 Å². The molecule has 0 bridgehead atoms. The van der Waals surface area contributed by atoms with Gasteiger partial charge < -0.3 is 5.32 Å². The molecule has 1 unspecified atom stereocenters. The Morgan fingerprint density at radius 3 is 2.67 bits per heavy atom. The second-order valence-corrected chi connectivity index (χ2v) is 8.20. The van der Waals surface area contributed by atoms with Crippen LogP contribution >= 0.6 is 0 Å². The predicted octanol–water partition coefficient (Wildman–Crippen LogP) is 0.811. The molecule has 1 fully saturated rings. The van der Waals surface area contributed by atoms with Crippen LogP contribution in [0, 0.1) is 0 Å². The Kier molecular flexibility index (Phi) is 4.07. The standard InChI is InChI=1S/C14H24N4O2S/c1-17-14-5-3-4-13(12(14)10-15-17)16-11-6-8-18(9-7-11)21(2,19)20/h10-11,13,16H,3-9H2,1-2H3. The van der Waals surface area contributed by atoms with Crippen LogP contribution in [0.2, 0.25) is 0 Å². The first kappa shape index (κ1) is 15.0. The van der Waals surface area contributed by atoms with Gasteiger partial charge in [0.1, 0.15) is 0 Å². The van der Waals surface area contributed by atoms with Gasteiger partial charge in [-0.3, -0.25) is 4.68 Å². The molecule has 6 nitrogen and oxygen atoms in total. The van der Waals surface area contributed by atoms with Crippen LogP contribution in [-0.2, 0) is 23.5 Å². The van der Waals surface area contributed by atoms with E-state index < -0.39 is 10.0 Å². The Balaban J connectivity index is 1.62. The first-order valence-electron chi connectivity index (χ1n) is 7.67. The first-order valence-corrected chi connectivity index (χ1v) is 9.52. The SMILES string of the molecule is Cn1ncc2c1CCCC2NC1CCN(S(C)(=O)=O)CC1. The number of aromatic nitrogens is 2. The monoisotopic (exact) mass is 312 g/mol. The van der Waals surface area contributed by atoms with Crippen LogP contribution in [-0.4, -0.2) is 47.9 Å². The van der Waals surface area contributed by atoms with Crippen molar-refractivity contribution in [2.45, 2.75) is 44.2 Å². The fourth-order valence-electron chi connectivity index (χ4n) is 3.52. The van der Waals surface area contributed by atoms with E-state index >= 15 is 0 Å². The number of sulfonamides is 1. The average Bonchev–Trinajstić information content (AvgIpc) is 2.82. The topological polar surface area (TPSA) is 67.2 Å². The van der Waals surface area contributed by atoms with Crippen molar-refractivity contribution < 1.29 is 8.42 Å². The smallest absolute Gasteiger partial charge is 0.211 e. The lowest BCUT2D eigenvalue weighted by molar-refractivity contribution is 0.266.